The lowest BCUT2D eigenvalue weighted by atomic mass is 10.3. The van der Waals surface area contributed by atoms with Crippen LogP contribution in [0.15, 0.2) is 30.7 Å². The number of methoxy groups -OCH3 is 1. The summed E-state index contributed by atoms with van der Waals surface area (Å²) in [6.07, 6.45) is 3.79. The molecule has 0 bridgehead atoms. The molecule has 0 aliphatic carbocycles. The molecule has 6 heteroatoms. The Morgan fingerprint density at radius 2 is 2.00 bits per heavy atom. The molecule has 0 saturated heterocycles. The van der Waals surface area contributed by atoms with Crippen molar-refractivity contribution < 1.29 is 9.47 Å². The van der Waals surface area contributed by atoms with Crippen molar-refractivity contribution in [3.8, 4) is 11.8 Å². The maximum absolute atomic E-state index is 5.78. The van der Waals surface area contributed by atoms with Crippen molar-refractivity contribution in [2.24, 2.45) is 0 Å². The first-order valence-electron chi connectivity index (χ1n) is 5.48. The molecule has 0 spiro atoms. The van der Waals surface area contributed by atoms with E-state index in [0.29, 0.717) is 30.5 Å². The molecule has 6 nitrogen and oxygen atoms in total. The minimum Gasteiger partial charge on any atom is -0.479 e. The minimum absolute atomic E-state index is 0.307. The van der Waals surface area contributed by atoms with Crippen molar-refractivity contribution in [3.05, 3.63) is 36.4 Å². The van der Waals surface area contributed by atoms with Gasteiger partial charge in [0, 0.05) is 18.3 Å². The third-order valence-corrected chi connectivity index (χ3v) is 2.33. The maximum Gasteiger partial charge on any atom is 0.244 e. The van der Waals surface area contributed by atoms with Crippen LogP contribution in [0.4, 0.5) is 5.69 Å². The molecule has 18 heavy (non-hydrogen) atoms. The highest BCUT2D eigenvalue weighted by Gasteiger charge is 2.09. The van der Waals surface area contributed by atoms with Crippen LogP contribution in [0, 0.1) is 0 Å². The van der Waals surface area contributed by atoms with E-state index in [2.05, 4.69) is 15.0 Å². The first kappa shape index (κ1) is 12.1. The summed E-state index contributed by atoms with van der Waals surface area (Å²) < 4.78 is 10.5. The fraction of sp³-hybridized carbons (Fsp3) is 0.250. The Morgan fingerprint density at radius 3 is 2.72 bits per heavy atom. The molecule has 0 unspecified atom stereocenters. The van der Waals surface area contributed by atoms with E-state index in [4.69, 9.17) is 15.2 Å². The van der Waals surface area contributed by atoms with Crippen LogP contribution in [0.3, 0.4) is 0 Å². The van der Waals surface area contributed by atoms with Gasteiger partial charge in [0.2, 0.25) is 11.8 Å². The molecule has 0 saturated carbocycles. The highest BCUT2D eigenvalue weighted by atomic mass is 16.5. The van der Waals surface area contributed by atoms with Crippen molar-refractivity contribution in [1.82, 2.24) is 15.0 Å². The number of aromatic nitrogens is 3. The first-order chi connectivity index (χ1) is 8.81. The Labute approximate surface area is 105 Å². The average Bonchev–Trinajstić information content (AvgIpc) is 2.42. The van der Waals surface area contributed by atoms with Gasteiger partial charge in [-0.3, -0.25) is 4.98 Å². The molecule has 2 aromatic rings. The van der Waals surface area contributed by atoms with Crippen LogP contribution in [0.2, 0.25) is 0 Å². The van der Waals surface area contributed by atoms with Gasteiger partial charge in [0.25, 0.3) is 0 Å². The number of nitrogen functional groups attached to an aromatic ring is 1. The van der Waals surface area contributed by atoms with Crippen LogP contribution in [0.1, 0.15) is 5.69 Å². The van der Waals surface area contributed by atoms with E-state index < -0.39 is 0 Å². The fourth-order valence-corrected chi connectivity index (χ4v) is 1.44. The van der Waals surface area contributed by atoms with Gasteiger partial charge in [-0.15, -0.1) is 0 Å². The molecule has 0 amide bonds. The molecule has 2 aromatic heterocycles. The number of anilines is 1. The first-order valence-corrected chi connectivity index (χ1v) is 5.48. The molecule has 0 aliphatic heterocycles. The summed E-state index contributed by atoms with van der Waals surface area (Å²) in [5.41, 5.74) is 7.04. The molecule has 2 heterocycles. The Hall–Kier alpha value is -2.37. The molecule has 94 valence electrons. The second kappa shape index (κ2) is 5.81. The lowest BCUT2D eigenvalue weighted by Gasteiger charge is -2.09. The number of nitrogens with zero attached hydrogens (tertiary/aromatic N) is 3. The fourth-order valence-electron chi connectivity index (χ4n) is 1.44. The number of ether oxygens (including phenoxy) is 2. The molecule has 0 aliphatic rings. The van der Waals surface area contributed by atoms with E-state index in [9.17, 15) is 0 Å². The van der Waals surface area contributed by atoms with Gasteiger partial charge in [0.05, 0.1) is 13.7 Å². The van der Waals surface area contributed by atoms with Crippen molar-refractivity contribution in [2.45, 2.75) is 6.42 Å². The Bertz CT molecular complexity index is 505. The van der Waals surface area contributed by atoms with E-state index in [-0.39, 0.29) is 0 Å². The van der Waals surface area contributed by atoms with E-state index in [1.165, 1.54) is 13.4 Å². The Kier molecular flexibility index (Phi) is 3.90. The number of pyridine rings is 1. The molecule has 0 atom stereocenters. The summed E-state index contributed by atoms with van der Waals surface area (Å²) in [5, 5.41) is 0. The van der Waals surface area contributed by atoms with E-state index in [0.717, 1.165) is 5.69 Å². The molecule has 2 rings (SSSR count). The Balaban J connectivity index is 1.95. The minimum atomic E-state index is 0.307. The SMILES string of the molecule is COc1ncnc(OCCc2ccccn2)c1N. The van der Waals surface area contributed by atoms with Crippen LogP contribution in [0.5, 0.6) is 11.8 Å². The van der Waals surface area contributed by atoms with Crippen LogP contribution in [0.25, 0.3) is 0 Å². The highest BCUT2D eigenvalue weighted by Crippen LogP contribution is 2.25. The van der Waals surface area contributed by atoms with E-state index in [1.54, 1.807) is 6.20 Å². The smallest absolute Gasteiger partial charge is 0.244 e. The molecule has 0 radical (unpaired) electrons. The number of hydrogen-bond acceptors (Lipinski definition) is 6. The predicted molar refractivity (Wildman–Crippen MR) is 66.4 cm³/mol. The highest BCUT2D eigenvalue weighted by molar-refractivity contribution is 5.55. The number of nitrogens with two attached hydrogens (primary N) is 1. The summed E-state index contributed by atoms with van der Waals surface area (Å²) in [6, 6.07) is 5.75. The van der Waals surface area contributed by atoms with Gasteiger partial charge in [0.15, 0.2) is 5.69 Å². The summed E-state index contributed by atoms with van der Waals surface area (Å²) in [4.78, 5) is 12.0. The zero-order chi connectivity index (χ0) is 12.8. The summed E-state index contributed by atoms with van der Waals surface area (Å²) in [7, 11) is 1.50. The second-order valence-corrected chi connectivity index (χ2v) is 3.52. The topological polar surface area (TPSA) is 83.2 Å². The maximum atomic E-state index is 5.78. The molecular weight excluding hydrogens is 232 g/mol. The quantitative estimate of drug-likeness (QED) is 0.850. The van der Waals surface area contributed by atoms with Gasteiger partial charge in [0.1, 0.15) is 6.33 Å². The summed E-state index contributed by atoms with van der Waals surface area (Å²) in [5.74, 6) is 0.649. The number of rotatable bonds is 5. The lowest BCUT2D eigenvalue weighted by molar-refractivity contribution is 0.305. The van der Waals surface area contributed by atoms with Crippen molar-refractivity contribution in [1.29, 1.82) is 0 Å². The van der Waals surface area contributed by atoms with Gasteiger partial charge in [-0.25, -0.2) is 0 Å². The zero-order valence-electron chi connectivity index (χ0n) is 10.0. The third-order valence-electron chi connectivity index (χ3n) is 2.33. The monoisotopic (exact) mass is 246 g/mol. The van der Waals surface area contributed by atoms with Crippen molar-refractivity contribution in [3.63, 3.8) is 0 Å². The second-order valence-electron chi connectivity index (χ2n) is 3.52. The van der Waals surface area contributed by atoms with E-state index >= 15 is 0 Å². The van der Waals surface area contributed by atoms with Gasteiger partial charge in [-0.2, -0.15) is 9.97 Å². The van der Waals surface area contributed by atoms with Gasteiger partial charge >= 0.3 is 0 Å². The van der Waals surface area contributed by atoms with Crippen LogP contribution in [-0.2, 0) is 6.42 Å². The van der Waals surface area contributed by atoms with Crippen LogP contribution < -0.4 is 15.2 Å². The lowest BCUT2D eigenvalue weighted by Crippen LogP contribution is -2.07. The van der Waals surface area contributed by atoms with Crippen LogP contribution >= 0.6 is 0 Å². The van der Waals surface area contributed by atoms with Crippen LogP contribution in [-0.4, -0.2) is 28.7 Å². The normalized spacial score (nSPS) is 10.1. The summed E-state index contributed by atoms with van der Waals surface area (Å²) >= 11 is 0. The third kappa shape index (κ3) is 2.85. The number of hydrogen-bond donors (Lipinski definition) is 1. The van der Waals surface area contributed by atoms with Gasteiger partial charge in [-0.1, -0.05) is 6.07 Å². The molecule has 0 aromatic carbocycles. The van der Waals surface area contributed by atoms with Crippen molar-refractivity contribution in [2.75, 3.05) is 19.5 Å². The molecular formula is C12H14N4O2. The van der Waals surface area contributed by atoms with Gasteiger partial charge in [-0.05, 0) is 12.1 Å². The Morgan fingerprint density at radius 1 is 1.17 bits per heavy atom. The zero-order valence-corrected chi connectivity index (χ0v) is 10.0. The largest absolute Gasteiger partial charge is 0.479 e. The summed E-state index contributed by atoms with van der Waals surface area (Å²) in [6.45, 7) is 0.446. The van der Waals surface area contributed by atoms with E-state index in [1.807, 2.05) is 18.2 Å². The van der Waals surface area contributed by atoms with Crippen molar-refractivity contribution >= 4 is 5.69 Å². The molecule has 2 N–H and O–H groups in total. The molecule has 0 fully saturated rings. The standard InChI is InChI=1S/C12H14N4O2/c1-17-11-10(13)12(16-8-15-11)18-7-5-9-4-2-3-6-14-9/h2-4,6,8H,5,7,13H2,1H3. The van der Waals surface area contributed by atoms with Gasteiger partial charge < -0.3 is 15.2 Å². The predicted octanol–water partition coefficient (Wildman–Crippen LogP) is 1.08. The average molecular weight is 246 g/mol.